The SMILES string of the molecule is N#Cc1c(-n2cc(CNS(=O)(=O)c3ccc(F)cc3)nn2)c2ccccc2n2c1nc1ccccc12. The van der Waals surface area contributed by atoms with Crippen LogP contribution in [0.25, 0.3) is 33.3 Å². The summed E-state index contributed by atoms with van der Waals surface area (Å²) in [6.45, 7) is -0.144. The minimum absolute atomic E-state index is 0.0640. The van der Waals surface area contributed by atoms with E-state index >= 15 is 0 Å². The molecule has 0 aliphatic heterocycles. The number of rotatable bonds is 5. The van der Waals surface area contributed by atoms with E-state index in [0.29, 0.717) is 22.6 Å². The molecule has 0 radical (unpaired) electrons. The molecule has 0 saturated heterocycles. The number of para-hydroxylation sites is 3. The van der Waals surface area contributed by atoms with Crippen molar-refractivity contribution in [3.8, 4) is 11.8 Å². The highest BCUT2D eigenvalue weighted by Gasteiger charge is 2.21. The highest BCUT2D eigenvalue weighted by Crippen LogP contribution is 2.32. The van der Waals surface area contributed by atoms with Gasteiger partial charge in [-0.25, -0.2) is 27.2 Å². The maximum Gasteiger partial charge on any atom is 0.240 e. The number of aromatic nitrogens is 5. The van der Waals surface area contributed by atoms with E-state index in [1.807, 2.05) is 52.9 Å². The molecule has 176 valence electrons. The zero-order valence-corrected chi connectivity index (χ0v) is 19.3. The standard InChI is InChI=1S/C25H16FN7O2S/c26-16-9-11-18(12-10-16)36(34,35)28-14-17-15-32(31-30-17)24-19-5-1-3-7-22(19)33-23-8-4-2-6-21(23)29-25(33)20(24)13-27/h1-12,15,28H,14H2. The Labute approximate surface area is 204 Å². The van der Waals surface area contributed by atoms with Gasteiger partial charge in [-0.1, -0.05) is 35.5 Å². The van der Waals surface area contributed by atoms with Crippen LogP contribution >= 0.6 is 0 Å². The van der Waals surface area contributed by atoms with Gasteiger partial charge in [0.05, 0.1) is 45.6 Å². The number of imidazole rings is 1. The van der Waals surface area contributed by atoms with Crippen LogP contribution in [0.3, 0.4) is 0 Å². The molecular formula is C25H16FN7O2S. The first-order chi connectivity index (χ1) is 17.5. The highest BCUT2D eigenvalue weighted by atomic mass is 32.2. The van der Waals surface area contributed by atoms with E-state index < -0.39 is 15.8 Å². The Morgan fingerprint density at radius 3 is 2.47 bits per heavy atom. The molecule has 0 aliphatic rings. The van der Waals surface area contributed by atoms with E-state index in [4.69, 9.17) is 4.98 Å². The van der Waals surface area contributed by atoms with Crippen LogP contribution < -0.4 is 4.72 Å². The number of halogens is 1. The summed E-state index contributed by atoms with van der Waals surface area (Å²) in [4.78, 5) is 4.63. The second-order valence-electron chi connectivity index (χ2n) is 8.05. The van der Waals surface area contributed by atoms with E-state index in [1.54, 1.807) is 6.20 Å². The highest BCUT2D eigenvalue weighted by molar-refractivity contribution is 7.89. The summed E-state index contributed by atoms with van der Waals surface area (Å²) in [5.41, 5.74) is 4.10. The van der Waals surface area contributed by atoms with Crippen molar-refractivity contribution in [3.63, 3.8) is 0 Å². The minimum Gasteiger partial charge on any atom is -0.291 e. The molecule has 11 heteroatoms. The molecule has 6 rings (SSSR count). The van der Waals surface area contributed by atoms with Crippen LogP contribution in [-0.4, -0.2) is 32.8 Å². The predicted molar refractivity (Wildman–Crippen MR) is 130 cm³/mol. The zero-order chi connectivity index (χ0) is 24.9. The van der Waals surface area contributed by atoms with Gasteiger partial charge in [-0.05, 0) is 42.5 Å². The van der Waals surface area contributed by atoms with Gasteiger partial charge in [0, 0.05) is 5.39 Å². The number of nitrogens with zero attached hydrogens (tertiary/aromatic N) is 6. The van der Waals surface area contributed by atoms with Crippen LogP contribution in [0.2, 0.25) is 0 Å². The molecule has 0 saturated carbocycles. The Balaban J connectivity index is 1.45. The van der Waals surface area contributed by atoms with E-state index in [1.165, 1.54) is 16.8 Å². The van der Waals surface area contributed by atoms with Gasteiger partial charge in [0.1, 0.15) is 17.4 Å². The first-order valence-electron chi connectivity index (χ1n) is 10.8. The second-order valence-corrected chi connectivity index (χ2v) is 9.81. The number of hydrogen-bond donors (Lipinski definition) is 1. The van der Waals surface area contributed by atoms with Crippen molar-refractivity contribution in [2.45, 2.75) is 11.4 Å². The summed E-state index contributed by atoms with van der Waals surface area (Å²) in [6, 6.07) is 22.0. The number of nitriles is 1. The topological polar surface area (TPSA) is 118 Å². The molecule has 0 bridgehead atoms. The largest absolute Gasteiger partial charge is 0.291 e. The van der Waals surface area contributed by atoms with E-state index in [9.17, 15) is 18.1 Å². The lowest BCUT2D eigenvalue weighted by atomic mass is 10.1. The number of hydrogen-bond acceptors (Lipinski definition) is 6. The second kappa shape index (κ2) is 8.23. The van der Waals surface area contributed by atoms with Gasteiger partial charge >= 0.3 is 0 Å². The van der Waals surface area contributed by atoms with Gasteiger partial charge < -0.3 is 0 Å². The van der Waals surface area contributed by atoms with Crippen molar-refractivity contribution in [2.24, 2.45) is 0 Å². The molecule has 36 heavy (non-hydrogen) atoms. The Bertz CT molecular complexity index is 1940. The van der Waals surface area contributed by atoms with E-state index in [2.05, 4.69) is 21.1 Å². The molecule has 3 aromatic heterocycles. The van der Waals surface area contributed by atoms with Crippen molar-refractivity contribution in [2.75, 3.05) is 0 Å². The maximum atomic E-state index is 13.2. The Hall–Kier alpha value is -4.66. The van der Waals surface area contributed by atoms with Crippen molar-refractivity contribution in [1.82, 2.24) is 29.1 Å². The molecule has 6 aromatic rings. The summed E-state index contributed by atoms with van der Waals surface area (Å²) < 4.78 is 44.1. The molecule has 0 fully saturated rings. The van der Waals surface area contributed by atoms with Gasteiger partial charge in [0.2, 0.25) is 10.0 Å². The third kappa shape index (κ3) is 3.48. The van der Waals surface area contributed by atoms with Crippen LogP contribution in [-0.2, 0) is 16.6 Å². The molecule has 3 aromatic carbocycles. The predicted octanol–water partition coefficient (Wildman–Crippen LogP) is 3.71. The first kappa shape index (κ1) is 21.8. The average Bonchev–Trinajstić information content (AvgIpc) is 3.52. The number of pyridine rings is 1. The van der Waals surface area contributed by atoms with Crippen LogP contribution in [0.5, 0.6) is 0 Å². The molecule has 9 nitrogen and oxygen atoms in total. The van der Waals surface area contributed by atoms with Gasteiger partial charge in [-0.15, -0.1) is 5.10 Å². The summed E-state index contributed by atoms with van der Waals surface area (Å²) in [5.74, 6) is -0.528. The third-order valence-electron chi connectivity index (χ3n) is 5.87. The molecule has 1 N–H and O–H groups in total. The molecule has 0 spiro atoms. The van der Waals surface area contributed by atoms with Crippen LogP contribution in [0.1, 0.15) is 11.3 Å². The fraction of sp³-hybridized carbons (Fsp3) is 0.0400. The minimum atomic E-state index is -3.88. The first-order valence-corrected chi connectivity index (χ1v) is 12.3. The van der Waals surface area contributed by atoms with Gasteiger partial charge in [0.15, 0.2) is 5.65 Å². The fourth-order valence-corrected chi connectivity index (χ4v) is 5.24. The molecule has 0 atom stereocenters. The normalized spacial score (nSPS) is 11.9. The molecule has 0 unspecified atom stereocenters. The lowest BCUT2D eigenvalue weighted by molar-refractivity contribution is 0.579. The number of fused-ring (bicyclic) bond motifs is 5. The molecular weight excluding hydrogens is 481 g/mol. The Morgan fingerprint density at radius 2 is 1.69 bits per heavy atom. The fourth-order valence-electron chi connectivity index (χ4n) is 4.24. The lowest BCUT2D eigenvalue weighted by Gasteiger charge is -2.11. The quantitative estimate of drug-likeness (QED) is 0.388. The smallest absolute Gasteiger partial charge is 0.240 e. The Morgan fingerprint density at radius 1 is 0.972 bits per heavy atom. The van der Waals surface area contributed by atoms with Crippen molar-refractivity contribution < 1.29 is 12.8 Å². The monoisotopic (exact) mass is 497 g/mol. The Kier molecular flexibility index (Phi) is 4.99. The number of sulfonamides is 1. The van der Waals surface area contributed by atoms with Gasteiger partial charge in [0.25, 0.3) is 0 Å². The van der Waals surface area contributed by atoms with Crippen molar-refractivity contribution >= 4 is 37.6 Å². The summed E-state index contributed by atoms with van der Waals surface area (Å²) in [5, 5.41) is 19.2. The van der Waals surface area contributed by atoms with Gasteiger partial charge in [-0.3, -0.25) is 4.40 Å². The zero-order valence-electron chi connectivity index (χ0n) is 18.5. The van der Waals surface area contributed by atoms with Crippen LogP contribution in [0.15, 0.2) is 83.9 Å². The van der Waals surface area contributed by atoms with Gasteiger partial charge in [-0.2, -0.15) is 5.26 Å². The lowest BCUT2D eigenvalue weighted by Crippen LogP contribution is -2.23. The summed E-state index contributed by atoms with van der Waals surface area (Å²) in [7, 11) is -3.88. The molecule has 0 amide bonds. The van der Waals surface area contributed by atoms with E-state index in [0.717, 1.165) is 34.1 Å². The summed E-state index contributed by atoms with van der Waals surface area (Å²) >= 11 is 0. The maximum absolute atomic E-state index is 13.2. The number of benzene rings is 3. The summed E-state index contributed by atoms with van der Waals surface area (Å²) in [6.07, 6.45) is 1.56. The molecule has 3 heterocycles. The average molecular weight is 498 g/mol. The number of nitrogens with one attached hydrogen (secondary N) is 1. The van der Waals surface area contributed by atoms with E-state index in [-0.39, 0.29) is 11.4 Å². The van der Waals surface area contributed by atoms with Crippen molar-refractivity contribution in [1.29, 1.82) is 5.26 Å². The molecule has 0 aliphatic carbocycles. The van der Waals surface area contributed by atoms with Crippen LogP contribution in [0.4, 0.5) is 4.39 Å². The van der Waals surface area contributed by atoms with Crippen molar-refractivity contribution in [3.05, 3.63) is 96.1 Å². The third-order valence-corrected chi connectivity index (χ3v) is 7.29. The van der Waals surface area contributed by atoms with Crippen LogP contribution in [0, 0.1) is 17.1 Å².